The summed E-state index contributed by atoms with van der Waals surface area (Å²) in [6.45, 7) is 7.70. The van der Waals surface area contributed by atoms with Crippen LogP contribution in [0.5, 0.6) is 0 Å². The lowest BCUT2D eigenvalue weighted by molar-refractivity contribution is -0.122. The molecule has 5 nitrogen and oxygen atoms in total. The zero-order valence-corrected chi connectivity index (χ0v) is 13.3. The highest BCUT2D eigenvalue weighted by molar-refractivity contribution is 6.21. The van der Waals surface area contributed by atoms with E-state index >= 15 is 0 Å². The number of hydrogen-bond acceptors (Lipinski definition) is 3. The van der Waals surface area contributed by atoms with Crippen LogP contribution in [0.1, 0.15) is 35.0 Å². The van der Waals surface area contributed by atoms with Gasteiger partial charge < -0.3 is 0 Å². The minimum atomic E-state index is -0.540. The summed E-state index contributed by atoms with van der Waals surface area (Å²) in [6, 6.07) is 7.13. The van der Waals surface area contributed by atoms with Crippen LogP contribution in [-0.2, 0) is 9.59 Å². The van der Waals surface area contributed by atoms with Crippen molar-refractivity contribution in [2.24, 2.45) is 0 Å². The lowest BCUT2D eigenvalue weighted by atomic mass is 10.1. The molecule has 1 aliphatic heterocycles. The average molecular weight is 297 g/mol. The van der Waals surface area contributed by atoms with Gasteiger partial charge in [-0.25, -0.2) is 4.90 Å². The van der Waals surface area contributed by atoms with E-state index in [9.17, 15) is 9.59 Å². The van der Waals surface area contributed by atoms with Gasteiger partial charge in [0, 0.05) is 5.69 Å². The number of carbonyl (C=O) groups excluding carboxylic acids is 2. The molecule has 1 atom stereocenters. The Morgan fingerprint density at radius 2 is 1.64 bits per heavy atom. The van der Waals surface area contributed by atoms with Crippen molar-refractivity contribution in [2.45, 2.75) is 40.2 Å². The molecule has 114 valence electrons. The zero-order valence-electron chi connectivity index (χ0n) is 13.3. The third-order valence-electron chi connectivity index (χ3n) is 3.93. The van der Waals surface area contributed by atoms with Crippen LogP contribution in [0.4, 0.5) is 5.69 Å². The maximum atomic E-state index is 12.7. The van der Waals surface area contributed by atoms with Gasteiger partial charge in [0.15, 0.2) is 0 Å². The summed E-state index contributed by atoms with van der Waals surface area (Å²) < 4.78 is 1.66. The van der Waals surface area contributed by atoms with Crippen LogP contribution in [-0.4, -0.2) is 21.6 Å². The molecular weight excluding hydrogens is 278 g/mol. The van der Waals surface area contributed by atoms with Crippen molar-refractivity contribution in [2.75, 3.05) is 4.90 Å². The summed E-state index contributed by atoms with van der Waals surface area (Å²) in [4.78, 5) is 26.4. The molecular formula is C17H19N3O2. The molecule has 3 rings (SSSR count). The van der Waals surface area contributed by atoms with E-state index in [1.54, 1.807) is 4.68 Å². The van der Waals surface area contributed by atoms with Gasteiger partial charge >= 0.3 is 0 Å². The van der Waals surface area contributed by atoms with E-state index in [1.165, 1.54) is 4.90 Å². The van der Waals surface area contributed by atoms with Gasteiger partial charge in [-0.1, -0.05) is 6.07 Å². The Morgan fingerprint density at radius 1 is 1.00 bits per heavy atom. The minimum Gasteiger partial charge on any atom is -0.274 e. The molecule has 0 unspecified atom stereocenters. The van der Waals surface area contributed by atoms with E-state index in [-0.39, 0.29) is 18.2 Å². The van der Waals surface area contributed by atoms with Gasteiger partial charge in [0.25, 0.3) is 5.91 Å². The van der Waals surface area contributed by atoms with Crippen molar-refractivity contribution in [3.8, 4) is 0 Å². The lowest BCUT2D eigenvalue weighted by Gasteiger charge is -2.17. The van der Waals surface area contributed by atoms with E-state index < -0.39 is 6.04 Å². The molecule has 0 spiro atoms. The third-order valence-corrected chi connectivity index (χ3v) is 3.93. The first-order chi connectivity index (χ1) is 10.4. The highest BCUT2D eigenvalue weighted by Crippen LogP contribution is 2.31. The van der Waals surface area contributed by atoms with E-state index in [4.69, 9.17) is 0 Å². The molecule has 2 heterocycles. The Hall–Kier alpha value is -2.43. The Kier molecular flexibility index (Phi) is 3.35. The first-order valence-electron chi connectivity index (χ1n) is 7.34. The van der Waals surface area contributed by atoms with Crippen LogP contribution in [0.15, 0.2) is 24.3 Å². The fourth-order valence-electron chi connectivity index (χ4n) is 3.12. The summed E-state index contributed by atoms with van der Waals surface area (Å²) in [6.07, 6.45) is 0.160. The van der Waals surface area contributed by atoms with Crippen LogP contribution < -0.4 is 4.90 Å². The fraction of sp³-hybridized carbons (Fsp3) is 0.353. The summed E-state index contributed by atoms with van der Waals surface area (Å²) >= 11 is 0. The maximum Gasteiger partial charge on any atom is 0.259 e. The van der Waals surface area contributed by atoms with E-state index in [0.29, 0.717) is 5.69 Å². The van der Waals surface area contributed by atoms with Crippen molar-refractivity contribution in [3.63, 3.8) is 0 Å². The van der Waals surface area contributed by atoms with Gasteiger partial charge in [0.2, 0.25) is 5.91 Å². The number of carbonyl (C=O) groups is 2. The van der Waals surface area contributed by atoms with Gasteiger partial charge in [0.1, 0.15) is 6.04 Å². The standard InChI is InChI=1S/C17H19N3O2/c1-10-5-11(2)7-14(6-10)19-16(21)9-15(17(19)22)20-13(4)8-12(3)18-20/h5-8,15H,9H2,1-4H3/t15-/m1/s1. The van der Waals surface area contributed by atoms with Crippen molar-refractivity contribution in [1.82, 2.24) is 9.78 Å². The minimum absolute atomic E-state index is 0.160. The number of amides is 2. The van der Waals surface area contributed by atoms with Gasteiger partial charge in [-0.15, -0.1) is 0 Å². The molecule has 5 heteroatoms. The first kappa shape index (κ1) is 14.5. The van der Waals surface area contributed by atoms with Gasteiger partial charge in [-0.05, 0) is 57.0 Å². The van der Waals surface area contributed by atoms with Crippen molar-refractivity contribution < 1.29 is 9.59 Å². The largest absolute Gasteiger partial charge is 0.274 e. The van der Waals surface area contributed by atoms with Gasteiger partial charge in [-0.2, -0.15) is 5.10 Å². The number of aryl methyl sites for hydroxylation is 4. The van der Waals surface area contributed by atoms with Crippen LogP contribution in [0.25, 0.3) is 0 Å². The molecule has 1 aliphatic rings. The van der Waals surface area contributed by atoms with E-state index in [2.05, 4.69) is 5.10 Å². The average Bonchev–Trinajstić information content (AvgIpc) is 2.87. The molecule has 2 aromatic rings. The molecule has 1 saturated heterocycles. The van der Waals surface area contributed by atoms with Crippen LogP contribution in [0, 0.1) is 27.7 Å². The number of hydrogen-bond donors (Lipinski definition) is 0. The van der Waals surface area contributed by atoms with Crippen molar-refractivity contribution in [1.29, 1.82) is 0 Å². The number of imide groups is 1. The molecule has 1 aromatic heterocycles. The molecule has 0 radical (unpaired) electrons. The van der Waals surface area contributed by atoms with E-state index in [1.807, 2.05) is 52.0 Å². The third kappa shape index (κ3) is 2.32. The van der Waals surface area contributed by atoms with Crippen molar-refractivity contribution >= 4 is 17.5 Å². The topological polar surface area (TPSA) is 55.2 Å². The van der Waals surface area contributed by atoms with Crippen molar-refractivity contribution in [3.05, 3.63) is 46.8 Å². The molecule has 0 bridgehead atoms. The SMILES string of the molecule is Cc1cc(C)cc(N2C(=O)C[C@@H](n3nc(C)cc3C)C2=O)c1. The Morgan fingerprint density at radius 3 is 2.18 bits per heavy atom. The molecule has 0 N–H and O–H groups in total. The Bertz CT molecular complexity index is 756. The number of anilines is 1. The maximum absolute atomic E-state index is 12.7. The first-order valence-corrected chi connectivity index (χ1v) is 7.34. The number of rotatable bonds is 2. The number of benzene rings is 1. The highest BCUT2D eigenvalue weighted by Gasteiger charge is 2.41. The summed E-state index contributed by atoms with van der Waals surface area (Å²) in [7, 11) is 0. The monoisotopic (exact) mass is 297 g/mol. The summed E-state index contributed by atoms with van der Waals surface area (Å²) in [5, 5.41) is 4.36. The molecule has 2 amide bonds. The van der Waals surface area contributed by atoms with E-state index in [0.717, 1.165) is 22.5 Å². The lowest BCUT2D eigenvalue weighted by Crippen LogP contribution is -2.31. The number of aromatic nitrogens is 2. The zero-order chi connectivity index (χ0) is 16.0. The predicted molar refractivity (Wildman–Crippen MR) is 83.8 cm³/mol. The summed E-state index contributed by atoms with van der Waals surface area (Å²) in [5.74, 6) is -0.381. The second-order valence-electron chi connectivity index (χ2n) is 6.00. The van der Waals surface area contributed by atoms with Gasteiger partial charge in [0.05, 0.1) is 17.8 Å². The normalized spacial score (nSPS) is 18.4. The Labute approximate surface area is 129 Å². The van der Waals surface area contributed by atoms with Gasteiger partial charge in [-0.3, -0.25) is 14.3 Å². The smallest absolute Gasteiger partial charge is 0.259 e. The Balaban J connectivity index is 2.00. The second kappa shape index (κ2) is 5.09. The predicted octanol–water partition coefficient (Wildman–Crippen LogP) is 2.62. The van der Waals surface area contributed by atoms with Crippen LogP contribution >= 0.6 is 0 Å². The number of nitrogens with zero attached hydrogens (tertiary/aromatic N) is 3. The summed E-state index contributed by atoms with van der Waals surface area (Å²) in [5.41, 5.74) is 4.46. The molecule has 22 heavy (non-hydrogen) atoms. The highest BCUT2D eigenvalue weighted by atomic mass is 16.2. The quantitative estimate of drug-likeness (QED) is 0.801. The fourth-order valence-corrected chi connectivity index (χ4v) is 3.12. The van der Waals surface area contributed by atoms with Crippen LogP contribution in [0.2, 0.25) is 0 Å². The molecule has 1 aromatic carbocycles. The second-order valence-corrected chi connectivity index (χ2v) is 6.00. The molecule has 0 aliphatic carbocycles. The molecule has 1 fully saturated rings. The molecule has 0 saturated carbocycles. The van der Waals surface area contributed by atoms with Crippen LogP contribution in [0.3, 0.4) is 0 Å².